The van der Waals surface area contributed by atoms with Crippen LogP contribution in [0.2, 0.25) is 10.0 Å². The molecular weight excluding hydrogens is 294 g/mol. The topological polar surface area (TPSA) is 57.5 Å². The van der Waals surface area contributed by atoms with Crippen LogP contribution in [0, 0.1) is 0 Å². The molecule has 0 atom stereocenters. The smallest absolute Gasteiger partial charge is 0.341 e. The van der Waals surface area contributed by atoms with Gasteiger partial charge in [-0.1, -0.05) is 23.2 Å². The fraction of sp³-hybridized carbons (Fsp3) is 0. The van der Waals surface area contributed by atoms with E-state index in [4.69, 9.17) is 33.4 Å². The van der Waals surface area contributed by atoms with Crippen molar-refractivity contribution < 1.29 is 41.2 Å². The third-order valence-electron chi connectivity index (χ3n) is 1.29. The standard InChI is InChI=1S/C7H4Cl2O3.Zr/c8-3-1-2-4(9)6(10)5(3)7(11)12;/h1-2,10H,(H,11,12);. The van der Waals surface area contributed by atoms with Gasteiger partial charge in [0.15, 0.2) is 0 Å². The summed E-state index contributed by atoms with van der Waals surface area (Å²) in [6.45, 7) is 0. The predicted octanol–water partition coefficient (Wildman–Crippen LogP) is 2.39. The minimum Gasteiger partial charge on any atom is -0.505 e. The van der Waals surface area contributed by atoms with Crippen molar-refractivity contribution >= 4 is 29.2 Å². The van der Waals surface area contributed by atoms with Crippen molar-refractivity contribution in [3.8, 4) is 5.75 Å². The summed E-state index contributed by atoms with van der Waals surface area (Å²) in [5.41, 5.74) is -0.371. The molecule has 68 valence electrons. The van der Waals surface area contributed by atoms with Crippen LogP contribution >= 0.6 is 23.2 Å². The van der Waals surface area contributed by atoms with Crippen molar-refractivity contribution in [3.63, 3.8) is 0 Å². The summed E-state index contributed by atoms with van der Waals surface area (Å²) in [4.78, 5) is 10.5. The second-order valence-corrected chi connectivity index (χ2v) is 2.87. The molecule has 0 saturated heterocycles. The first kappa shape index (κ1) is 13.0. The molecule has 0 amide bonds. The van der Waals surface area contributed by atoms with Gasteiger partial charge < -0.3 is 10.2 Å². The average Bonchev–Trinajstić information content (AvgIpc) is 1.97. The summed E-state index contributed by atoms with van der Waals surface area (Å²) < 4.78 is 0. The zero-order chi connectivity index (χ0) is 9.30. The van der Waals surface area contributed by atoms with Gasteiger partial charge in [0.25, 0.3) is 0 Å². The van der Waals surface area contributed by atoms with E-state index < -0.39 is 11.7 Å². The van der Waals surface area contributed by atoms with Crippen LogP contribution in [0.4, 0.5) is 0 Å². The van der Waals surface area contributed by atoms with Crippen molar-refractivity contribution in [2.45, 2.75) is 0 Å². The van der Waals surface area contributed by atoms with E-state index in [0.717, 1.165) is 0 Å². The van der Waals surface area contributed by atoms with Gasteiger partial charge in [0.1, 0.15) is 11.3 Å². The summed E-state index contributed by atoms with van der Waals surface area (Å²) >= 11 is 11.0. The number of carboxylic acid groups (broad SMARTS) is 1. The van der Waals surface area contributed by atoms with Crippen molar-refractivity contribution in [1.82, 2.24) is 0 Å². The number of aromatic carboxylic acids is 1. The number of carboxylic acids is 1. The number of hydrogen-bond donors (Lipinski definition) is 2. The van der Waals surface area contributed by atoms with Gasteiger partial charge in [-0.2, -0.15) is 0 Å². The Labute approximate surface area is 103 Å². The normalized spacial score (nSPS) is 9.08. The fourth-order valence-corrected chi connectivity index (χ4v) is 1.14. The number of halogens is 2. The molecule has 13 heavy (non-hydrogen) atoms. The number of hydrogen-bond acceptors (Lipinski definition) is 2. The Morgan fingerprint density at radius 3 is 2.08 bits per heavy atom. The summed E-state index contributed by atoms with van der Waals surface area (Å²) in [5, 5.41) is 17.7. The summed E-state index contributed by atoms with van der Waals surface area (Å²) in [7, 11) is 0. The molecule has 2 N–H and O–H groups in total. The van der Waals surface area contributed by atoms with Crippen LogP contribution in [-0.4, -0.2) is 16.2 Å². The molecule has 0 aromatic heterocycles. The first-order chi connectivity index (χ1) is 5.54. The van der Waals surface area contributed by atoms with Crippen LogP contribution in [0.15, 0.2) is 12.1 Å². The van der Waals surface area contributed by atoms with Crippen molar-refractivity contribution in [1.29, 1.82) is 0 Å². The minimum absolute atomic E-state index is 0. The molecule has 0 fully saturated rings. The van der Waals surface area contributed by atoms with Gasteiger partial charge in [-0.25, -0.2) is 4.79 Å². The molecule has 3 nitrogen and oxygen atoms in total. The first-order valence-electron chi connectivity index (χ1n) is 2.94. The maximum absolute atomic E-state index is 10.5. The Hall–Kier alpha value is -0.0469. The van der Waals surface area contributed by atoms with Crippen molar-refractivity contribution in [3.05, 3.63) is 27.7 Å². The van der Waals surface area contributed by atoms with Crippen LogP contribution < -0.4 is 0 Å². The van der Waals surface area contributed by atoms with Gasteiger partial charge in [-0.3, -0.25) is 0 Å². The van der Waals surface area contributed by atoms with E-state index in [1.54, 1.807) is 0 Å². The summed E-state index contributed by atoms with van der Waals surface area (Å²) in [5.74, 6) is -1.81. The van der Waals surface area contributed by atoms with E-state index in [1.165, 1.54) is 12.1 Å². The molecular formula is C7H4Cl2O3Zr. The van der Waals surface area contributed by atoms with Crippen LogP contribution in [0.25, 0.3) is 0 Å². The van der Waals surface area contributed by atoms with Crippen LogP contribution in [0.3, 0.4) is 0 Å². The minimum atomic E-state index is -1.31. The molecule has 0 saturated carbocycles. The summed E-state index contributed by atoms with van der Waals surface area (Å²) in [6.07, 6.45) is 0. The Kier molecular flexibility index (Phi) is 4.97. The van der Waals surface area contributed by atoms with E-state index in [2.05, 4.69) is 0 Å². The maximum atomic E-state index is 10.5. The number of benzene rings is 1. The molecule has 6 heteroatoms. The second-order valence-electron chi connectivity index (χ2n) is 2.06. The van der Waals surface area contributed by atoms with Gasteiger partial charge in [0, 0.05) is 26.2 Å². The van der Waals surface area contributed by atoms with E-state index in [9.17, 15) is 4.79 Å². The zero-order valence-electron chi connectivity index (χ0n) is 6.21. The summed E-state index contributed by atoms with van der Waals surface area (Å²) in [6, 6.07) is 2.64. The zero-order valence-corrected chi connectivity index (χ0v) is 10.2. The SMILES string of the molecule is O=C(O)c1c(Cl)ccc(Cl)c1O.[Zr]. The van der Waals surface area contributed by atoms with E-state index in [0.29, 0.717) is 0 Å². The number of carbonyl (C=O) groups is 1. The Morgan fingerprint density at radius 2 is 1.69 bits per heavy atom. The molecule has 0 heterocycles. The van der Waals surface area contributed by atoms with Crippen LogP contribution in [-0.2, 0) is 26.2 Å². The largest absolute Gasteiger partial charge is 0.505 e. The molecule has 0 spiro atoms. The molecule has 1 rings (SSSR count). The fourth-order valence-electron chi connectivity index (χ4n) is 0.745. The molecule has 0 bridgehead atoms. The average molecular weight is 298 g/mol. The van der Waals surface area contributed by atoms with Gasteiger partial charge in [-0.15, -0.1) is 0 Å². The van der Waals surface area contributed by atoms with Gasteiger partial charge in [-0.05, 0) is 12.1 Å². The van der Waals surface area contributed by atoms with Crippen LogP contribution in [0.5, 0.6) is 5.75 Å². The first-order valence-corrected chi connectivity index (χ1v) is 3.70. The molecule has 0 radical (unpaired) electrons. The van der Waals surface area contributed by atoms with E-state index >= 15 is 0 Å². The number of rotatable bonds is 1. The molecule has 1 aromatic rings. The van der Waals surface area contributed by atoms with E-state index in [-0.39, 0.29) is 41.8 Å². The van der Waals surface area contributed by atoms with Gasteiger partial charge >= 0.3 is 5.97 Å². The predicted molar refractivity (Wildman–Crippen MR) is 45.1 cm³/mol. The van der Waals surface area contributed by atoms with Crippen LogP contribution in [0.1, 0.15) is 10.4 Å². The molecule has 0 unspecified atom stereocenters. The second kappa shape index (κ2) is 4.99. The third kappa shape index (κ3) is 2.70. The number of phenols is 1. The number of aromatic hydroxyl groups is 1. The molecule has 0 aliphatic carbocycles. The van der Waals surface area contributed by atoms with Crippen molar-refractivity contribution in [2.75, 3.05) is 0 Å². The third-order valence-corrected chi connectivity index (χ3v) is 1.91. The monoisotopic (exact) mass is 296 g/mol. The molecule has 0 aliphatic rings. The van der Waals surface area contributed by atoms with Crippen molar-refractivity contribution in [2.24, 2.45) is 0 Å². The van der Waals surface area contributed by atoms with Gasteiger partial charge in [0.2, 0.25) is 0 Å². The Balaban J connectivity index is 0.00000144. The van der Waals surface area contributed by atoms with E-state index in [1.807, 2.05) is 0 Å². The quantitative estimate of drug-likeness (QED) is 0.837. The Bertz CT molecular complexity index is 341. The van der Waals surface area contributed by atoms with Gasteiger partial charge in [0.05, 0.1) is 10.0 Å². The maximum Gasteiger partial charge on any atom is 0.341 e. The molecule has 1 aromatic carbocycles. The molecule has 0 aliphatic heterocycles. The Morgan fingerprint density at radius 1 is 1.23 bits per heavy atom.